The molecule has 1 aromatic heterocycles. The summed E-state index contributed by atoms with van der Waals surface area (Å²) < 4.78 is 16.1. The number of nitrogens with zero attached hydrogens (tertiary/aromatic N) is 3. The van der Waals surface area contributed by atoms with E-state index in [9.17, 15) is 9.59 Å². The molecule has 0 saturated heterocycles. The molecule has 3 aromatic carbocycles. The monoisotopic (exact) mass is 480 g/mol. The Morgan fingerprint density at radius 1 is 0.917 bits per heavy atom. The van der Waals surface area contributed by atoms with Crippen molar-refractivity contribution in [2.24, 2.45) is 0 Å². The van der Waals surface area contributed by atoms with Crippen LogP contribution in [0.3, 0.4) is 0 Å². The van der Waals surface area contributed by atoms with E-state index in [2.05, 4.69) is 15.3 Å². The Morgan fingerprint density at radius 3 is 2.31 bits per heavy atom. The highest BCUT2D eigenvalue weighted by atomic mass is 19.1. The molecule has 180 valence electrons. The number of amides is 2. The van der Waals surface area contributed by atoms with Crippen LogP contribution in [0.4, 0.5) is 21.7 Å². The van der Waals surface area contributed by atoms with E-state index in [1.807, 2.05) is 19.1 Å². The number of rotatable bonds is 4. The number of nitrogens with one attached hydrogen (secondary N) is 1. The maximum Gasteiger partial charge on any atom is 0.258 e. The molecule has 0 atom stereocenters. The molecule has 0 aliphatic carbocycles. The number of aryl methyl sites for hydroxylation is 2. The molecule has 1 aliphatic heterocycles. The molecule has 6 nitrogen and oxygen atoms in total. The Hall–Kier alpha value is -4.39. The molecule has 1 aliphatic rings. The fourth-order valence-corrected chi connectivity index (χ4v) is 4.70. The number of carbonyl (C=O) groups is 2. The van der Waals surface area contributed by atoms with Crippen molar-refractivity contribution in [3.8, 4) is 11.1 Å². The molecule has 7 heteroatoms. The lowest BCUT2D eigenvalue weighted by Gasteiger charge is -2.20. The van der Waals surface area contributed by atoms with E-state index in [-0.39, 0.29) is 23.0 Å². The Kier molecular flexibility index (Phi) is 5.63. The lowest BCUT2D eigenvalue weighted by Crippen LogP contribution is -2.34. The Bertz CT molecular complexity index is 1500. The van der Waals surface area contributed by atoms with Gasteiger partial charge in [0.25, 0.3) is 5.91 Å². The highest BCUT2D eigenvalue weighted by molar-refractivity contribution is 6.13. The summed E-state index contributed by atoms with van der Waals surface area (Å²) in [7, 11) is 0. The minimum Gasteiger partial charge on any atom is -0.322 e. The fraction of sp³-hybridized carbons (Fsp3) is 0.172. The molecule has 0 radical (unpaired) electrons. The first-order valence-electron chi connectivity index (χ1n) is 11.6. The molecule has 0 bridgehead atoms. The quantitative estimate of drug-likeness (QED) is 0.383. The first-order valence-corrected chi connectivity index (χ1v) is 11.6. The van der Waals surface area contributed by atoms with Crippen LogP contribution >= 0.6 is 0 Å². The number of benzene rings is 3. The lowest BCUT2D eigenvalue weighted by atomic mass is 9.80. The van der Waals surface area contributed by atoms with Gasteiger partial charge in [0.1, 0.15) is 5.82 Å². The van der Waals surface area contributed by atoms with Crippen LogP contribution in [0, 0.1) is 19.7 Å². The predicted octanol–water partition coefficient (Wildman–Crippen LogP) is 6.11. The van der Waals surface area contributed by atoms with E-state index >= 15 is 4.39 Å². The average molecular weight is 481 g/mol. The number of hydrogen-bond donors (Lipinski definition) is 1. The highest BCUT2D eigenvalue weighted by Crippen LogP contribution is 2.49. The van der Waals surface area contributed by atoms with Crippen molar-refractivity contribution in [1.29, 1.82) is 0 Å². The minimum absolute atomic E-state index is 0.0314. The summed E-state index contributed by atoms with van der Waals surface area (Å²) in [6.45, 7) is 7.26. The highest BCUT2D eigenvalue weighted by Gasteiger charge is 2.47. The topological polar surface area (TPSA) is 75.2 Å². The molecule has 2 heterocycles. The molecular formula is C29H25FN4O2. The molecule has 0 saturated carbocycles. The maximum atomic E-state index is 16.1. The number of aromatic nitrogens is 2. The van der Waals surface area contributed by atoms with Crippen LogP contribution < -0.4 is 10.2 Å². The predicted molar refractivity (Wildman–Crippen MR) is 138 cm³/mol. The third-order valence-electron chi connectivity index (χ3n) is 6.58. The number of anilines is 3. The van der Waals surface area contributed by atoms with Gasteiger partial charge in [0.05, 0.1) is 16.7 Å². The third kappa shape index (κ3) is 3.73. The number of hydrogen-bond acceptors (Lipinski definition) is 4. The van der Waals surface area contributed by atoms with Crippen LogP contribution in [0.1, 0.15) is 40.9 Å². The summed E-state index contributed by atoms with van der Waals surface area (Å²) in [5.41, 5.74) is 3.22. The largest absolute Gasteiger partial charge is 0.322 e. The Balaban J connectivity index is 1.63. The molecular weight excluding hydrogens is 455 g/mol. The van der Waals surface area contributed by atoms with Gasteiger partial charge in [-0.2, -0.15) is 0 Å². The second-order valence-electron chi connectivity index (χ2n) is 9.45. The zero-order valence-corrected chi connectivity index (χ0v) is 20.5. The van der Waals surface area contributed by atoms with Gasteiger partial charge in [0.2, 0.25) is 11.9 Å². The lowest BCUT2D eigenvalue weighted by molar-refractivity contribution is -0.121. The SMILES string of the molecule is Cc1ccc(NC(=O)c2c(C)ccc(-c3cccc4c3C(C)(C)C(=O)N4c3ncccn3)c2F)cc1. The molecule has 1 N–H and O–H groups in total. The number of halogens is 1. The normalized spacial score (nSPS) is 14.0. The van der Waals surface area contributed by atoms with E-state index in [1.54, 1.807) is 81.7 Å². The number of carbonyl (C=O) groups excluding carboxylic acids is 2. The summed E-state index contributed by atoms with van der Waals surface area (Å²) >= 11 is 0. The average Bonchev–Trinajstić information content (AvgIpc) is 3.06. The van der Waals surface area contributed by atoms with Gasteiger partial charge in [-0.3, -0.25) is 9.59 Å². The fourth-order valence-electron chi connectivity index (χ4n) is 4.70. The zero-order valence-electron chi connectivity index (χ0n) is 20.5. The van der Waals surface area contributed by atoms with Crippen LogP contribution in [0.15, 0.2) is 73.1 Å². The van der Waals surface area contributed by atoms with E-state index in [0.717, 1.165) is 5.56 Å². The Morgan fingerprint density at radius 2 is 1.61 bits per heavy atom. The van der Waals surface area contributed by atoms with Crippen molar-refractivity contribution in [3.05, 3.63) is 101 Å². The first-order chi connectivity index (χ1) is 17.2. The van der Waals surface area contributed by atoms with Crippen LogP contribution in [0.25, 0.3) is 11.1 Å². The molecule has 2 amide bonds. The van der Waals surface area contributed by atoms with Gasteiger partial charge in [-0.05, 0) is 68.7 Å². The van der Waals surface area contributed by atoms with Gasteiger partial charge in [-0.15, -0.1) is 0 Å². The van der Waals surface area contributed by atoms with Crippen molar-refractivity contribution in [3.63, 3.8) is 0 Å². The second kappa shape index (κ2) is 8.68. The van der Waals surface area contributed by atoms with Crippen molar-refractivity contribution < 1.29 is 14.0 Å². The zero-order chi connectivity index (χ0) is 25.6. The standard InChI is InChI=1S/C29H25FN4O2/c1-17-9-12-19(13-10-17)33-26(35)23-18(2)11-14-21(25(23)30)20-7-5-8-22-24(20)29(3,4)27(36)34(22)28-31-15-6-16-32-28/h5-16H,1-4H3,(H,33,35). The van der Waals surface area contributed by atoms with Gasteiger partial charge in [-0.25, -0.2) is 19.3 Å². The van der Waals surface area contributed by atoms with Gasteiger partial charge in [0.15, 0.2) is 0 Å². The van der Waals surface area contributed by atoms with Crippen LogP contribution in [0.5, 0.6) is 0 Å². The smallest absolute Gasteiger partial charge is 0.258 e. The third-order valence-corrected chi connectivity index (χ3v) is 6.58. The van der Waals surface area contributed by atoms with E-state index in [0.29, 0.717) is 28.1 Å². The molecule has 0 spiro atoms. The van der Waals surface area contributed by atoms with Crippen molar-refractivity contribution in [1.82, 2.24) is 9.97 Å². The second-order valence-corrected chi connectivity index (χ2v) is 9.45. The van der Waals surface area contributed by atoms with E-state index in [4.69, 9.17) is 0 Å². The maximum absolute atomic E-state index is 16.1. The number of fused-ring (bicyclic) bond motifs is 1. The van der Waals surface area contributed by atoms with Crippen molar-refractivity contribution in [2.45, 2.75) is 33.1 Å². The summed E-state index contributed by atoms with van der Waals surface area (Å²) in [6, 6.07) is 17.7. The van der Waals surface area contributed by atoms with Crippen molar-refractivity contribution >= 4 is 29.1 Å². The van der Waals surface area contributed by atoms with E-state index < -0.39 is 17.1 Å². The van der Waals surface area contributed by atoms with Gasteiger partial charge in [0, 0.05) is 23.6 Å². The molecule has 0 fully saturated rings. The summed E-state index contributed by atoms with van der Waals surface area (Å²) in [4.78, 5) is 36.6. The summed E-state index contributed by atoms with van der Waals surface area (Å²) in [5, 5.41) is 2.79. The summed E-state index contributed by atoms with van der Waals surface area (Å²) in [6.07, 6.45) is 3.14. The van der Waals surface area contributed by atoms with Gasteiger partial charge < -0.3 is 5.32 Å². The minimum atomic E-state index is -0.966. The van der Waals surface area contributed by atoms with Crippen LogP contribution in [-0.4, -0.2) is 21.8 Å². The molecule has 5 rings (SSSR count). The molecule has 36 heavy (non-hydrogen) atoms. The Labute approximate surface area is 208 Å². The van der Waals surface area contributed by atoms with Gasteiger partial charge >= 0.3 is 0 Å². The molecule has 4 aromatic rings. The van der Waals surface area contributed by atoms with Gasteiger partial charge in [-0.1, -0.05) is 42.0 Å². The molecule has 0 unspecified atom stereocenters. The van der Waals surface area contributed by atoms with Crippen LogP contribution in [0.2, 0.25) is 0 Å². The van der Waals surface area contributed by atoms with E-state index in [1.165, 1.54) is 4.90 Å². The van der Waals surface area contributed by atoms with Crippen molar-refractivity contribution in [2.75, 3.05) is 10.2 Å². The summed E-state index contributed by atoms with van der Waals surface area (Å²) in [5.74, 6) is -1.11. The first kappa shape index (κ1) is 23.4. The van der Waals surface area contributed by atoms with Crippen LogP contribution in [-0.2, 0) is 10.2 Å².